The Hall–Kier alpha value is -3.00. The van der Waals surface area contributed by atoms with Crippen LogP contribution in [0.4, 0.5) is 0 Å². The first-order valence-corrected chi connectivity index (χ1v) is 13.1. The highest BCUT2D eigenvalue weighted by Gasteiger charge is 2.40. The SMILES string of the molecule is COCC(=O)N(CC1CCNC1CO)[C@@H](c1nc(-c2ccccc2)cn1Cc1ccccc1)C(C)(C)C. The van der Waals surface area contributed by atoms with E-state index in [0.717, 1.165) is 30.0 Å². The summed E-state index contributed by atoms with van der Waals surface area (Å²) in [4.78, 5) is 20.7. The number of hydrogen-bond acceptors (Lipinski definition) is 5. The fourth-order valence-electron chi connectivity index (χ4n) is 5.36. The zero-order valence-electron chi connectivity index (χ0n) is 22.4. The van der Waals surface area contributed by atoms with Crippen LogP contribution in [-0.2, 0) is 16.1 Å². The summed E-state index contributed by atoms with van der Waals surface area (Å²) in [6.07, 6.45) is 3.01. The number of imidazole rings is 1. The number of amides is 1. The second-order valence-electron chi connectivity index (χ2n) is 11.0. The van der Waals surface area contributed by atoms with Crippen LogP contribution in [-0.4, -0.2) is 64.9 Å². The second-order valence-corrected chi connectivity index (χ2v) is 11.0. The molecule has 0 bridgehead atoms. The molecule has 0 saturated carbocycles. The predicted octanol–water partition coefficient (Wildman–Crippen LogP) is 4.13. The molecule has 1 saturated heterocycles. The molecule has 0 spiro atoms. The van der Waals surface area contributed by atoms with Gasteiger partial charge in [0.1, 0.15) is 12.4 Å². The number of carbonyl (C=O) groups is 1. The van der Waals surface area contributed by atoms with Gasteiger partial charge in [-0.05, 0) is 29.9 Å². The molecule has 1 aliphatic heterocycles. The third kappa shape index (κ3) is 6.47. The summed E-state index contributed by atoms with van der Waals surface area (Å²) in [6.45, 7) is 8.55. The number of aliphatic hydroxyl groups is 1. The molecule has 3 aromatic rings. The minimum atomic E-state index is -0.308. The van der Waals surface area contributed by atoms with Crippen LogP contribution in [0, 0.1) is 11.3 Å². The zero-order valence-corrected chi connectivity index (χ0v) is 22.4. The summed E-state index contributed by atoms with van der Waals surface area (Å²) in [5.74, 6) is 0.939. The van der Waals surface area contributed by atoms with E-state index in [1.54, 1.807) is 7.11 Å². The van der Waals surface area contributed by atoms with E-state index >= 15 is 0 Å². The van der Waals surface area contributed by atoms with Crippen LogP contribution in [0.5, 0.6) is 0 Å². The molecule has 2 unspecified atom stereocenters. The number of carbonyl (C=O) groups excluding carboxylic acids is 1. The molecule has 198 valence electrons. The van der Waals surface area contributed by atoms with Gasteiger partial charge in [-0.1, -0.05) is 81.4 Å². The first-order valence-electron chi connectivity index (χ1n) is 13.1. The molecule has 7 heteroatoms. The molecule has 4 rings (SSSR count). The van der Waals surface area contributed by atoms with Gasteiger partial charge in [-0.15, -0.1) is 0 Å². The van der Waals surface area contributed by atoms with E-state index in [1.165, 1.54) is 5.56 Å². The standard InChI is InChI=1S/C30H40N4O3/c1-30(2,3)28(34(27(36)21-37-4)18-24-15-16-31-26(24)20-35)29-32-25(23-13-9-6-10-14-23)19-33(29)17-22-11-7-5-8-12-22/h5-14,19,24,26,28,31,35H,15-18,20-21H2,1-4H3/t24?,26?,28-/m0/s1. The molecule has 1 aromatic heterocycles. The largest absolute Gasteiger partial charge is 0.395 e. The van der Waals surface area contributed by atoms with Crippen molar-refractivity contribution < 1.29 is 14.6 Å². The van der Waals surface area contributed by atoms with E-state index in [2.05, 4.69) is 61.1 Å². The minimum Gasteiger partial charge on any atom is -0.395 e. The molecule has 3 atom stereocenters. The lowest BCUT2D eigenvalue weighted by molar-refractivity contribution is -0.141. The van der Waals surface area contributed by atoms with Crippen molar-refractivity contribution in [3.63, 3.8) is 0 Å². The van der Waals surface area contributed by atoms with Crippen LogP contribution in [0.2, 0.25) is 0 Å². The van der Waals surface area contributed by atoms with Crippen LogP contribution in [0.25, 0.3) is 11.3 Å². The van der Waals surface area contributed by atoms with Gasteiger partial charge in [0.15, 0.2) is 0 Å². The summed E-state index contributed by atoms with van der Waals surface area (Å²) < 4.78 is 7.51. The Morgan fingerprint density at radius 3 is 2.46 bits per heavy atom. The molecule has 37 heavy (non-hydrogen) atoms. The molecule has 0 aliphatic carbocycles. The fourth-order valence-corrected chi connectivity index (χ4v) is 5.36. The Morgan fingerprint density at radius 1 is 1.16 bits per heavy atom. The van der Waals surface area contributed by atoms with Crippen molar-refractivity contribution in [1.82, 2.24) is 19.8 Å². The number of nitrogens with one attached hydrogen (secondary N) is 1. The smallest absolute Gasteiger partial charge is 0.249 e. The molecule has 1 amide bonds. The van der Waals surface area contributed by atoms with E-state index in [0.29, 0.717) is 13.1 Å². The van der Waals surface area contributed by atoms with Gasteiger partial charge in [0, 0.05) is 38.0 Å². The lowest BCUT2D eigenvalue weighted by atomic mass is 9.83. The summed E-state index contributed by atoms with van der Waals surface area (Å²) in [5.41, 5.74) is 2.79. The van der Waals surface area contributed by atoms with Crippen molar-refractivity contribution in [2.24, 2.45) is 11.3 Å². The quantitative estimate of drug-likeness (QED) is 0.434. The van der Waals surface area contributed by atoms with Crippen LogP contribution in [0.3, 0.4) is 0 Å². The molecular formula is C30H40N4O3. The number of ether oxygens (including phenoxy) is 1. The third-order valence-electron chi connectivity index (χ3n) is 7.16. The Bertz CT molecular complexity index is 1140. The van der Waals surface area contributed by atoms with Crippen molar-refractivity contribution in [2.45, 2.75) is 45.8 Å². The van der Waals surface area contributed by atoms with Gasteiger partial charge in [0.25, 0.3) is 0 Å². The highest BCUT2D eigenvalue weighted by atomic mass is 16.5. The molecule has 1 aliphatic rings. The monoisotopic (exact) mass is 504 g/mol. The summed E-state index contributed by atoms with van der Waals surface area (Å²) in [5, 5.41) is 13.3. The van der Waals surface area contributed by atoms with Crippen LogP contribution >= 0.6 is 0 Å². The number of methoxy groups -OCH3 is 1. The predicted molar refractivity (Wildman–Crippen MR) is 146 cm³/mol. The summed E-state index contributed by atoms with van der Waals surface area (Å²) in [7, 11) is 1.56. The van der Waals surface area contributed by atoms with Crippen LogP contribution in [0.15, 0.2) is 66.9 Å². The topological polar surface area (TPSA) is 79.6 Å². The van der Waals surface area contributed by atoms with Crippen LogP contribution in [0.1, 0.15) is 44.6 Å². The maximum absolute atomic E-state index is 13.6. The first-order chi connectivity index (χ1) is 17.8. The van der Waals surface area contributed by atoms with Gasteiger partial charge in [-0.3, -0.25) is 4.79 Å². The van der Waals surface area contributed by atoms with Gasteiger partial charge in [0.05, 0.1) is 18.3 Å². The first kappa shape index (κ1) is 27.0. The van der Waals surface area contributed by atoms with E-state index in [4.69, 9.17) is 9.72 Å². The number of hydrogen-bond donors (Lipinski definition) is 2. The number of rotatable bonds is 10. The van der Waals surface area contributed by atoms with Crippen molar-refractivity contribution in [3.05, 3.63) is 78.2 Å². The minimum absolute atomic E-state index is 0.00144. The van der Waals surface area contributed by atoms with E-state index < -0.39 is 0 Å². The van der Waals surface area contributed by atoms with Crippen molar-refractivity contribution in [3.8, 4) is 11.3 Å². The Labute approximate surface area is 220 Å². The molecular weight excluding hydrogens is 464 g/mol. The third-order valence-corrected chi connectivity index (χ3v) is 7.16. The lowest BCUT2D eigenvalue weighted by Crippen LogP contribution is -2.48. The molecule has 7 nitrogen and oxygen atoms in total. The van der Waals surface area contributed by atoms with Crippen molar-refractivity contribution >= 4 is 5.91 Å². The van der Waals surface area contributed by atoms with Gasteiger partial charge in [-0.2, -0.15) is 0 Å². The highest BCUT2D eigenvalue weighted by Crippen LogP contribution is 2.40. The number of aliphatic hydroxyl groups excluding tert-OH is 1. The number of aromatic nitrogens is 2. The van der Waals surface area contributed by atoms with E-state index in [9.17, 15) is 9.90 Å². The van der Waals surface area contributed by atoms with Crippen molar-refractivity contribution in [1.29, 1.82) is 0 Å². The number of nitrogens with zero attached hydrogens (tertiary/aromatic N) is 3. The highest BCUT2D eigenvalue weighted by molar-refractivity contribution is 5.78. The van der Waals surface area contributed by atoms with Crippen molar-refractivity contribution in [2.75, 3.05) is 33.4 Å². The average Bonchev–Trinajstić information content (AvgIpc) is 3.51. The Balaban J connectivity index is 1.82. The number of benzene rings is 2. The van der Waals surface area contributed by atoms with E-state index in [1.807, 2.05) is 41.3 Å². The molecule has 2 N–H and O–H groups in total. The second kappa shape index (κ2) is 12.0. The Morgan fingerprint density at radius 2 is 1.84 bits per heavy atom. The Kier molecular flexibility index (Phi) is 8.79. The summed E-state index contributed by atoms with van der Waals surface area (Å²) in [6, 6.07) is 20.2. The maximum atomic E-state index is 13.6. The maximum Gasteiger partial charge on any atom is 0.249 e. The molecule has 0 radical (unpaired) electrons. The normalized spacial score (nSPS) is 18.6. The van der Waals surface area contributed by atoms with Gasteiger partial charge >= 0.3 is 0 Å². The molecule has 2 heterocycles. The van der Waals surface area contributed by atoms with Crippen LogP contribution < -0.4 is 5.32 Å². The molecule has 1 fully saturated rings. The van der Waals surface area contributed by atoms with E-state index in [-0.39, 0.29) is 42.5 Å². The van der Waals surface area contributed by atoms with Gasteiger partial charge in [0.2, 0.25) is 5.91 Å². The average molecular weight is 505 g/mol. The van der Waals surface area contributed by atoms with Gasteiger partial charge in [-0.25, -0.2) is 4.98 Å². The fraction of sp³-hybridized carbons (Fsp3) is 0.467. The molecule has 2 aromatic carbocycles. The zero-order chi connectivity index (χ0) is 26.4. The summed E-state index contributed by atoms with van der Waals surface area (Å²) >= 11 is 0. The lowest BCUT2D eigenvalue weighted by Gasteiger charge is -2.41. The van der Waals surface area contributed by atoms with Gasteiger partial charge < -0.3 is 24.6 Å².